The maximum Gasteiger partial charge on any atom is 0.408 e. The van der Waals surface area contributed by atoms with Crippen molar-refractivity contribution in [2.24, 2.45) is 5.73 Å². The van der Waals surface area contributed by atoms with Crippen molar-refractivity contribution >= 4 is 16.6 Å². The summed E-state index contributed by atoms with van der Waals surface area (Å²) >= 11 is 0. The molecule has 11 heteroatoms. The number of likely N-dealkylation sites (tertiary alicyclic amines) is 1. The van der Waals surface area contributed by atoms with Gasteiger partial charge in [0.25, 0.3) is 0 Å². The van der Waals surface area contributed by atoms with Gasteiger partial charge in [-0.1, -0.05) is 12.1 Å². The second-order valence-electron chi connectivity index (χ2n) is 9.14. The zero-order chi connectivity index (χ0) is 25.4. The third kappa shape index (κ3) is 4.86. The Balaban J connectivity index is 1.52. The zero-order valence-corrected chi connectivity index (χ0v) is 19.9. The molecule has 0 amide bonds. The third-order valence-electron chi connectivity index (χ3n) is 6.30. The molecule has 1 fully saturated rings. The van der Waals surface area contributed by atoms with Gasteiger partial charge < -0.3 is 15.2 Å². The summed E-state index contributed by atoms with van der Waals surface area (Å²) in [6.45, 7) is 2.83. The first kappa shape index (κ1) is 24.4. The van der Waals surface area contributed by atoms with E-state index in [4.69, 9.17) is 20.2 Å². The normalized spacial score (nSPS) is 18.7. The van der Waals surface area contributed by atoms with E-state index in [2.05, 4.69) is 10.2 Å². The minimum Gasteiger partial charge on any atom is -0.488 e. The molecule has 0 unspecified atom stereocenters. The van der Waals surface area contributed by atoms with Gasteiger partial charge in [0.05, 0.1) is 12.1 Å². The van der Waals surface area contributed by atoms with Crippen LogP contribution in [-0.4, -0.2) is 69.6 Å². The van der Waals surface area contributed by atoms with Crippen LogP contribution in [0.3, 0.4) is 0 Å². The van der Waals surface area contributed by atoms with E-state index in [9.17, 15) is 13.2 Å². The number of hydrogen-bond acceptors (Lipinski definition) is 7. The number of ether oxygens (including phenoxy) is 2. The number of benzene rings is 1. The fourth-order valence-electron chi connectivity index (χ4n) is 4.70. The number of nitrogens with zero attached hydrogens (tertiary/aromatic N) is 5. The molecule has 0 aliphatic carbocycles. The predicted octanol–water partition coefficient (Wildman–Crippen LogP) is 3.99. The van der Waals surface area contributed by atoms with Gasteiger partial charge in [0.1, 0.15) is 23.6 Å². The zero-order valence-electron chi connectivity index (χ0n) is 19.9. The number of halogens is 3. The highest BCUT2D eigenvalue weighted by Crippen LogP contribution is 2.39. The minimum absolute atomic E-state index is 0.105. The Morgan fingerprint density at radius 1 is 1.14 bits per heavy atom. The van der Waals surface area contributed by atoms with E-state index in [-0.39, 0.29) is 30.8 Å². The number of methoxy groups -OCH3 is 1. The number of rotatable bonds is 7. The first-order chi connectivity index (χ1) is 17.2. The van der Waals surface area contributed by atoms with Gasteiger partial charge in [-0.15, -0.1) is 10.2 Å². The largest absolute Gasteiger partial charge is 0.488 e. The molecule has 3 aromatic heterocycles. The molecular formula is C25H27F3N6O2. The van der Waals surface area contributed by atoms with E-state index in [1.54, 1.807) is 23.6 Å². The van der Waals surface area contributed by atoms with Gasteiger partial charge in [-0.25, -0.2) is 4.98 Å². The lowest BCUT2D eigenvalue weighted by Crippen LogP contribution is -2.38. The second-order valence-corrected chi connectivity index (χ2v) is 9.14. The van der Waals surface area contributed by atoms with Gasteiger partial charge in [-0.3, -0.25) is 9.30 Å². The first-order valence-electron chi connectivity index (χ1n) is 11.7. The standard InChI is InChI=1S/C25H27F3N6O2/c1-15(14-35-2)36-19-6-3-16-4-7-20(30-21(16)11-19)24-32-31-22-8-5-17(12-34(22)24)23(25(26,27)28)33-10-9-18(29)13-33/h3-8,11-12,15,18,23H,9-10,13-14,29H2,1-2H3/t15-,18+,23-/m1/s1. The molecule has 4 aromatic rings. The van der Waals surface area contributed by atoms with E-state index in [0.29, 0.717) is 41.5 Å². The van der Waals surface area contributed by atoms with Crippen molar-refractivity contribution in [3.05, 3.63) is 54.2 Å². The maximum absolute atomic E-state index is 14.1. The highest BCUT2D eigenvalue weighted by molar-refractivity contribution is 5.82. The van der Waals surface area contributed by atoms with E-state index in [0.717, 1.165) is 5.39 Å². The Morgan fingerprint density at radius 3 is 2.67 bits per heavy atom. The molecule has 4 heterocycles. The van der Waals surface area contributed by atoms with Crippen LogP contribution in [0.25, 0.3) is 28.1 Å². The lowest BCUT2D eigenvalue weighted by atomic mass is 10.1. The summed E-state index contributed by atoms with van der Waals surface area (Å²) in [5, 5.41) is 9.26. The van der Waals surface area contributed by atoms with Gasteiger partial charge in [0, 0.05) is 43.9 Å². The van der Waals surface area contributed by atoms with Crippen LogP contribution in [0.5, 0.6) is 5.75 Å². The molecule has 0 saturated carbocycles. The van der Waals surface area contributed by atoms with E-state index in [1.165, 1.54) is 17.2 Å². The van der Waals surface area contributed by atoms with Crippen LogP contribution < -0.4 is 10.5 Å². The molecule has 1 aliphatic rings. The maximum atomic E-state index is 14.1. The quantitative estimate of drug-likeness (QED) is 0.410. The molecule has 36 heavy (non-hydrogen) atoms. The van der Waals surface area contributed by atoms with Crippen LogP contribution in [0, 0.1) is 0 Å². The Hall–Kier alpha value is -3.28. The topological polar surface area (TPSA) is 90.8 Å². The number of fused-ring (bicyclic) bond motifs is 2. The number of aromatic nitrogens is 4. The van der Waals surface area contributed by atoms with Crippen molar-refractivity contribution in [2.75, 3.05) is 26.8 Å². The van der Waals surface area contributed by atoms with E-state index < -0.39 is 12.2 Å². The van der Waals surface area contributed by atoms with Crippen LogP contribution in [0.4, 0.5) is 13.2 Å². The summed E-state index contributed by atoms with van der Waals surface area (Å²) in [5.74, 6) is 0.994. The van der Waals surface area contributed by atoms with Crippen molar-refractivity contribution in [3.63, 3.8) is 0 Å². The molecule has 3 atom stereocenters. The summed E-state index contributed by atoms with van der Waals surface area (Å²) in [6, 6.07) is 10.2. The van der Waals surface area contributed by atoms with Crippen molar-refractivity contribution < 1.29 is 22.6 Å². The predicted molar refractivity (Wildman–Crippen MR) is 129 cm³/mol. The molecule has 190 valence electrons. The van der Waals surface area contributed by atoms with Gasteiger partial charge in [0.2, 0.25) is 0 Å². The van der Waals surface area contributed by atoms with Crippen LogP contribution in [0.15, 0.2) is 48.7 Å². The van der Waals surface area contributed by atoms with Gasteiger partial charge >= 0.3 is 6.18 Å². The van der Waals surface area contributed by atoms with E-state index in [1.807, 2.05) is 31.2 Å². The van der Waals surface area contributed by atoms with Crippen molar-refractivity contribution in [3.8, 4) is 17.3 Å². The summed E-state index contributed by atoms with van der Waals surface area (Å²) in [7, 11) is 1.61. The molecule has 2 N–H and O–H groups in total. The summed E-state index contributed by atoms with van der Waals surface area (Å²) in [6.07, 6.45) is -2.61. The molecule has 8 nitrogen and oxygen atoms in total. The molecule has 0 radical (unpaired) electrons. The molecule has 1 saturated heterocycles. The highest BCUT2D eigenvalue weighted by Gasteiger charge is 2.46. The Bertz CT molecular complexity index is 1380. The summed E-state index contributed by atoms with van der Waals surface area (Å²) < 4.78 is 54.9. The molecule has 1 aromatic carbocycles. The molecule has 0 spiro atoms. The highest BCUT2D eigenvalue weighted by atomic mass is 19.4. The number of hydrogen-bond donors (Lipinski definition) is 1. The van der Waals surface area contributed by atoms with Crippen LogP contribution >= 0.6 is 0 Å². The lowest BCUT2D eigenvalue weighted by molar-refractivity contribution is -0.183. The SMILES string of the molecule is COC[C@@H](C)Oc1ccc2ccc(-c3nnc4ccc([C@@H](N5CC[C@H](N)C5)C(F)(F)F)cn34)nc2c1. The van der Waals surface area contributed by atoms with Crippen molar-refractivity contribution in [2.45, 2.75) is 37.7 Å². The molecule has 0 bridgehead atoms. The number of alkyl halides is 3. The molecule has 1 aliphatic heterocycles. The molecule has 5 rings (SSSR count). The summed E-state index contributed by atoms with van der Waals surface area (Å²) in [4.78, 5) is 6.09. The van der Waals surface area contributed by atoms with Crippen LogP contribution in [0.2, 0.25) is 0 Å². The second kappa shape index (κ2) is 9.64. The fraction of sp³-hybridized carbons (Fsp3) is 0.400. The smallest absolute Gasteiger partial charge is 0.408 e. The first-order valence-corrected chi connectivity index (χ1v) is 11.7. The number of pyridine rings is 2. The Kier molecular flexibility index (Phi) is 6.54. The third-order valence-corrected chi connectivity index (χ3v) is 6.30. The minimum atomic E-state index is -4.45. The van der Waals surface area contributed by atoms with Crippen LogP contribution in [0.1, 0.15) is 24.9 Å². The van der Waals surface area contributed by atoms with Crippen LogP contribution in [-0.2, 0) is 4.74 Å². The monoisotopic (exact) mass is 500 g/mol. The van der Waals surface area contributed by atoms with Crippen molar-refractivity contribution in [1.29, 1.82) is 0 Å². The van der Waals surface area contributed by atoms with E-state index >= 15 is 0 Å². The van der Waals surface area contributed by atoms with Gasteiger partial charge in [-0.2, -0.15) is 13.2 Å². The average molecular weight is 501 g/mol. The van der Waals surface area contributed by atoms with Gasteiger partial charge in [0.15, 0.2) is 11.5 Å². The number of nitrogens with two attached hydrogens (primary N) is 1. The average Bonchev–Trinajstić information content (AvgIpc) is 3.44. The van der Waals surface area contributed by atoms with Gasteiger partial charge in [-0.05, 0) is 43.2 Å². The molecular weight excluding hydrogens is 473 g/mol. The lowest BCUT2D eigenvalue weighted by Gasteiger charge is -2.30. The Morgan fingerprint density at radius 2 is 1.94 bits per heavy atom. The Labute approximate surface area is 205 Å². The fourth-order valence-corrected chi connectivity index (χ4v) is 4.70. The summed E-state index contributed by atoms with van der Waals surface area (Å²) in [5.41, 5.74) is 7.59. The van der Waals surface area contributed by atoms with Crippen molar-refractivity contribution in [1.82, 2.24) is 24.5 Å².